The Balaban J connectivity index is 1.98. The SMILES string of the molecule is Cc1ccc([C@@H]2CCCn3c2nc2c3c(=O)[nH]c(=O)n2C)cc1. The van der Waals surface area contributed by atoms with Crippen molar-refractivity contribution in [3.05, 3.63) is 62.1 Å². The van der Waals surface area contributed by atoms with Gasteiger partial charge in [-0.3, -0.25) is 14.3 Å². The molecule has 1 aliphatic rings. The van der Waals surface area contributed by atoms with Crippen molar-refractivity contribution in [2.24, 2.45) is 7.05 Å². The van der Waals surface area contributed by atoms with Gasteiger partial charge in [0.1, 0.15) is 5.82 Å². The van der Waals surface area contributed by atoms with Gasteiger partial charge in [-0.25, -0.2) is 9.78 Å². The van der Waals surface area contributed by atoms with Gasteiger partial charge in [0.25, 0.3) is 5.56 Å². The summed E-state index contributed by atoms with van der Waals surface area (Å²) in [5.41, 5.74) is 2.60. The zero-order valence-electron chi connectivity index (χ0n) is 13.2. The van der Waals surface area contributed by atoms with E-state index in [1.165, 1.54) is 15.7 Å². The average Bonchev–Trinajstić information content (AvgIpc) is 2.93. The summed E-state index contributed by atoms with van der Waals surface area (Å²) in [5, 5.41) is 0. The third-order valence-corrected chi connectivity index (χ3v) is 4.70. The summed E-state index contributed by atoms with van der Waals surface area (Å²) in [6, 6.07) is 8.44. The van der Waals surface area contributed by atoms with Crippen LogP contribution in [0.15, 0.2) is 33.9 Å². The summed E-state index contributed by atoms with van der Waals surface area (Å²) in [5.74, 6) is 1.04. The lowest BCUT2D eigenvalue weighted by molar-refractivity contribution is 0.488. The first-order valence-corrected chi connectivity index (χ1v) is 7.82. The second-order valence-electron chi connectivity index (χ2n) is 6.22. The van der Waals surface area contributed by atoms with Gasteiger partial charge in [-0.15, -0.1) is 0 Å². The zero-order valence-corrected chi connectivity index (χ0v) is 13.2. The molecule has 4 rings (SSSR count). The number of aryl methyl sites for hydroxylation is 3. The predicted molar refractivity (Wildman–Crippen MR) is 87.9 cm³/mol. The van der Waals surface area contributed by atoms with Gasteiger partial charge in [-0.2, -0.15) is 0 Å². The van der Waals surface area contributed by atoms with E-state index in [0.717, 1.165) is 25.2 Å². The molecule has 1 aliphatic heterocycles. The predicted octanol–water partition coefficient (Wildman–Crippen LogP) is 1.66. The lowest BCUT2D eigenvalue weighted by Gasteiger charge is -2.24. The van der Waals surface area contributed by atoms with Crippen molar-refractivity contribution < 1.29 is 0 Å². The molecule has 3 aromatic rings. The Kier molecular flexibility index (Phi) is 3.01. The summed E-state index contributed by atoms with van der Waals surface area (Å²) in [4.78, 5) is 31.1. The van der Waals surface area contributed by atoms with Crippen molar-refractivity contribution in [1.82, 2.24) is 19.1 Å². The molecule has 0 spiro atoms. The summed E-state index contributed by atoms with van der Waals surface area (Å²) in [6.45, 7) is 2.82. The van der Waals surface area contributed by atoms with Crippen molar-refractivity contribution in [1.29, 1.82) is 0 Å². The average molecular weight is 310 g/mol. The Morgan fingerprint density at radius 2 is 1.96 bits per heavy atom. The van der Waals surface area contributed by atoms with Crippen molar-refractivity contribution >= 4 is 11.2 Å². The Morgan fingerprint density at radius 3 is 2.70 bits per heavy atom. The van der Waals surface area contributed by atoms with E-state index in [0.29, 0.717) is 11.2 Å². The number of hydrogen-bond donors (Lipinski definition) is 1. The zero-order chi connectivity index (χ0) is 16.1. The number of H-pyrrole nitrogens is 1. The summed E-state index contributed by atoms with van der Waals surface area (Å²) < 4.78 is 3.38. The maximum absolute atomic E-state index is 12.2. The summed E-state index contributed by atoms with van der Waals surface area (Å²) >= 11 is 0. The second-order valence-corrected chi connectivity index (χ2v) is 6.22. The van der Waals surface area contributed by atoms with Crippen LogP contribution in [-0.4, -0.2) is 19.1 Å². The Hall–Kier alpha value is -2.63. The van der Waals surface area contributed by atoms with E-state index in [9.17, 15) is 9.59 Å². The number of rotatable bonds is 1. The largest absolute Gasteiger partial charge is 0.329 e. The van der Waals surface area contributed by atoms with E-state index in [2.05, 4.69) is 41.2 Å². The molecule has 1 atom stereocenters. The van der Waals surface area contributed by atoms with Gasteiger partial charge in [0.2, 0.25) is 0 Å². The van der Waals surface area contributed by atoms with Crippen LogP contribution in [0, 0.1) is 6.92 Å². The van der Waals surface area contributed by atoms with Gasteiger partial charge in [-0.1, -0.05) is 29.8 Å². The molecule has 0 fully saturated rings. The highest BCUT2D eigenvalue weighted by Gasteiger charge is 2.27. The normalized spacial score (nSPS) is 17.4. The number of aromatic amines is 1. The topological polar surface area (TPSA) is 72.7 Å². The van der Waals surface area contributed by atoms with Gasteiger partial charge in [0.05, 0.1) is 0 Å². The molecule has 118 valence electrons. The van der Waals surface area contributed by atoms with Crippen LogP contribution in [-0.2, 0) is 13.6 Å². The lowest BCUT2D eigenvalue weighted by Crippen LogP contribution is -2.29. The molecule has 0 unspecified atom stereocenters. The van der Waals surface area contributed by atoms with Crippen molar-refractivity contribution in [2.45, 2.75) is 32.2 Å². The molecule has 0 saturated carbocycles. The first kappa shape index (κ1) is 14.0. The van der Waals surface area contributed by atoms with Gasteiger partial charge in [0, 0.05) is 19.5 Å². The monoisotopic (exact) mass is 310 g/mol. The fourth-order valence-electron chi connectivity index (χ4n) is 3.44. The van der Waals surface area contributed by atoms with Crippen molar-refractivity contribution in [3.8, 4) is 0 Å². The van der Waals surface area contributed by atoms with Crippen LogP contribution in [0.5, 0.6) is 0 Å². The fourth-order valence-corrected chi connectivity index (χ4v) is 3.44. The van der Waals surface area contributed by atoms with Crippen LogP contribution in [0.25, 0.3) is 11.2 Å². The van der Waals surface area contributed by atoms with Crippen LogP contribution < -0.4 is 11.2 Å². The van der Waals surface area contributed by atoms with Gasteiger partial charge < -0.3 is 4.57 Å². The maximum atomic E-state index is 12.2. The number of benzene rings is 1. The summed E-state index contributed by atoms with van der Waals surface area (Å²) in [7, 11) is 1.64. The van der Waals surface area contributed by atoms with Gasteiger partial charge in [-0.05, 0) is 25.3 Å². The molecule has 6 heteroatoms. The summed E-state index contributed by atoms with van der Waals surface area (Å²) in [6.07, 6.45) is 1.98. The van der Waals surface area contributed by atoms with Crippen molar-refractivity contribution in [3.63, 3.8) is 0 Å². The van der Waals surface area contributed by atoms with Crippen LogP contribution in [0.3, 0.4) is 0 Å². The Labute approximate surface area is 132 Å². The second kappa shape index (κ2) is 4.94. The molecule has 0 amide bonds. The van der Waals surface area contributed by atoms with Crippen LogP contribution in [0.1, 0.15) is 35.7 Å². The van der Waals surface area contributed by atoms with Crippen molar-refractivity contribution in [2.75, 3.05) is 0 Å². The number of aromatic nitrogens is 4. The van der Waals surface area contributed by atoms with Crippen LogP contribution >= 0.6 is 0 Å². The number of fused-ring (bicyclic) bond motifs is 3. The molecule has 3 heterocycles. The van der Waals surface area contributed by atoms with Gasteiger partial charge >= 0.3 is 5.69 Å². The molecular weight excluding hydrogens is 292 g/mol. The smallest absolute Gasteiger partial charge is 0.322 e. The van der Waals surface area contributed by atoms with E-state index in [4.69, 9.17) is 0 Å². The highest BCUT2D eigenvalue weighted by Crippen LogP contribution is 2.34. The molecule has 23 heavy (non-hydrogen) atoms. The van der Waals surface area contributed by atoms with E-state index in [-0.39, 0.29) is 11.5 Å². The molecule has 0 aliphatic carbocycles. The van der Waals surface area contributed by atoms with E-state index >= 15 is 0 Å². The molecule has 2 aromatic heterocycles. The first-order chi connectivity index (χ1) is 11.1. The minimum absolute atomic E-state index is 0.159. The third kappa shape index (κ3) is 2.05. The quantitative estimate of drug-likeness (QED) is 0.743. The van der Waals surface area contributed by atoms with Crippen LogP contribution in [0.2, 0.25) is 0 Å². The minimum Gasteiger partial charge on any atom is -0.322 e. The molecule has 0 radical (unpaired) electrons. The highest BCUT2D eigenvalue weighted by atomic mass is 16.2. The standard InChI is InChI=1S/C17H18N4O2/c1-10-5-7-11(8-6-10)12-4-3-9-21-13-15(18-14(12)21)20(2)17(23)19-16(13)22/h5-8,12H,3-4,9H2,1-2H3,(H,19,22,23)/t12-/m0/s1. The minimum atomic E-state index is -0.426. The van der Waals surface area contributed by atoms with Gasteiger partial charge in [0.15, 0.2) is 11.2 Å². The highest BCUT2D eigenvalue weighted by molar-refractivity contribution is 5.71. The third-order valence-electron chi connectivity index (χ3n) is 4.70. The molecule has 1 N–H and O–H groups in total. The van der Waals surface area contributed by atoms with E-state index < -0.39 is 5.69 Å². The molecule has 1 aromatic carbocycles. The number of nitrogens with one attached hydrogen (secondary N) is 1. The maximum Gasteiger partial charge on any atom is 0.329 e. The number of hydrogen-bond acceptors (Lipinski definition) is 3. The molecule has 0 saturated heterocycles. The number of nitrogens with zero attached hydrogens (tertiary/aromatic N) is 3. The van der Waals surface area contributed by atoms with E-state index in [1.807, 2.05) is 4.57 Å². The molecule has 0 bridgehead atoms. The Morgan fingerprint density at radius 1 is 1.22 bits per heavy atom. The lowest BCUT2D eigenvalue weighted by atomic mass is 9.90. The fraction of sp³-hybridized carbons (Fsp3) is 0.353. The number of imidazole rings is 1. The molecule has 6 nitrogen and oxygen atoms in total. The Bertz CT molecular complexity index is 1010. The first-order valence-electron chi connectivity index (χ1n) is 7.82. The molecular formula is C17H18N4O2. The van der Waals surface area contributed by atoms with Crippen LogP contribution in [0.4, 0.5) is 0 Å². The van der Waals surface area contributed by atoms with E-state index in [1.54, 1.807) is 7.05 Å².